The highest BCUT2D eigenvalue weighted by molar-refractivity contribution is 5.82. The van der Waals surface area contributed by atoms with E-state index in [0.717, 1.165) is 68.5 Å². The Bertz CT molecular complexity index is 1520. The van der Waals surface area contributed by atoms with Gasteiger partial charge in [-0.3, -0.25) is 9.36 Å². The van der Waals surface area contributed by atoms with Crippen LogP contribution in [0.1, 0.15) is 55.7 Å². The highest BCUT2D eigenvalue weighted by Crippen LogP contribution is 2.19. The zero-order valence-corrected chi connectivity index (χ0v) is 25.1. The van der Waals surface area contributed by atoms with Gasteiger partial charge in [0.05, 0.1) is 33.3 Å². The fraction of sp³-hybridized carbons (Fsp3) is 0.438. The fourth-order valence-electron chi connectivity index (χ4n) is 4.61. The average Bonchev–Trinajstić information content (AvgIpc) is 3.32. The minimum atomic E-state index is -0.284. The fourth-order valence-corrected chi connectivity index (χ4v) is 4.61. The lowest BCUT2D eigenvalue weighted by Crippen LogP contribution is -2.18. The maximum absolute atomic E-state index is 12.7. The molecular formula is C32H42N6O5. The maximum Gasteiger partial charge on any atom is 0.328 e. The first-order chi connectivity index (χ1) is 21.0. The predicted molar refractivity (Wildman–Crippen MR) is 167 cm³/mol. The largest absolute Gasteiger partial charge is 0.494 e. The third kappa shape index (κ3) is 9.57. The summed E-state index contributed by atoms with van der Waals surface area (Å²) in [5, 5.41) is 3.50. The highest BCUT2D eigenvalue weighted by atomic mass is 16.5. The molecule has 2 heterocycles. The molecule has 0 aliphatic carbocycles. The molecule has 0 radical (unpaired) electrons. The van der Waals surface area contributed by atoms with Crippen molar-refractivity contribution < 1.29 is 19.0 Å². The number of nitrogens with two attached hydrogens (primary N) is 1. The van der Waals surface area contributed by atoms with E-state index in [-0.39, 0.29) is 29.9 Å². The van der Waals surface area contributed by atoms with Gasteiger partial charge < -0.3 is 30.2 Å². The van der Waals surface area contributed by atoms with Crippen LogP contribution in [-0.2, 0) is 28.9 Å². The number of unbranched alkanes of at least 4 members (excludes halogenated alkanes) is 2. The number of H-pyrrole nitrogens is 1. The molecule has 0 atom stereocenters. The number of hydrogen-bond acceptors (Lipinski definition) is 9. The lowest BCUT2D eigenvalue weighted by atomic mass is 10.1. The number of fused-ring (bicyclic) bond motifs is 1. The lowest BCUT2D eigenvalue weighted by Gasteiger charge is -2.09. The predicted octanol–water partition coefficient (Wildman–Crippen LogP) is 4.03. The van der Waals surface area contributed by atoms with E-state index in [1.165, 1.54) is 12.7 Å². The van der Waals surface area contributed by atoms with E-state index in [2.05, 4.69) is 39.3 Å². The Balaban J connectivity index is 1.15. The SMILES string of the molecule is CCCCOc1nc(N)c2[nH]c(=O)n(Cc3ccc(CCCNCCCCOc4cccc(CC(=O)OC)c4)cc3)c2n1. The molecule has 0 fully saturated rings. The smallest absolute Gasteiger partial charge is 0.328 e. The molecular weight excluding hydrogens is 548 g/mol. The normalized spacial score (nSPS) is 11.1. The molecule has 4 N–H and O–H groups in total. The van der Waals surface area contributed by atoms with Crippen LogP contribution in [0.2, 0.25) is 0 Å². The van der Waals surface area contributed by atoms with Crippen LogP contribution in [0.4, 0.5) is 5.82 Å². The Morgan fingerprint density at radius 1 is 0.953 bits per heavy atom. The number of carbonyl (C=O) groups excluding carboxylic acids is 1. The third-order valence-corrected chi connectivity index (χ3v) is 7.03. The minimum absolute atomic E-state index is 0.183. The first-order valence-electron chi connectivity index (χ1n) is 14.9. The summed E-state index contributed by atoms with van der Waals surface area (Å²) in [4.78, 5) is 35.5. The summed E-state index contributed by atoms with van der Waals surface area (Å²) in [6, 6.07) is 16.1. The number of nitrogens with one attached hydrogen (secondary N) is 2. The molecule has 0 amide bonds. The topological polar surface area (TPSA) is 146 Å². The van der Waals surface area contributed by atoms with Gasteiger partial charge >= 0.3 is 17.7 Å². The molecule has 0 saturated carbocycles. The van der Waals surface area contributed by atoms with Gasteiger partial charge in [-0.1, -0.05) is 49.7 Å². The van der Waals surface area contributed by atoms with E-state index in [1.54, 1.807) is 4.57 Å². The molecule has 11 nitrogen and oxygen atoms in total. The van der Waals surface area contributed by atoms with Crippen LogP contribution < -0.4 is 26.2 Å². The van der Waals surface area contributed by atoms with Gasteiger partial charge in [0.15, 0.2) is 11.5 Å². The summed E-state index contributed by atoms with van der Waals surface area (Å²) in [6.45, 7) is 5.45. The van der Waals surface area contributed by atoms with Crippen LogP contribution in [0.3, 0.4) is 0 Å². The van der Waals surface area contributed by atoms with Crippen molar-refractivity contribution in [1.29, 1.82) is 0 Å². The van der Waals surface area contributed by atoms with Crippen LogP contribution in [0.25, 0.3) is 11.2 Å². The molecule has 0 unspecified atom stereocenters. The number of aromatic nitrogens is 4. The van der Waals surface area contributed by atoms with Crippen LogP contribution in [-0.4, -0.2) is 58.9 Å². The van der Waals surface area contributed by atoms with Gasteiger partial charge in [0.25, 0.3) is 0 Å². The van der Waals surface area contributed by atoms with Crippen LogP contribution in [0, 0.1) is 0 Å². The van der Waals surface area contributed by atoms with E-state index in [9.17, 15) is 9.59 Å². The molecule has 2 aromatic heterocycles. The number of nitrogen functional groups attached to an aromatic ring is 1. The number of rotatable bonds is 18. The van der Waals surface area contributed by atoms with Crippen LogP contribution >= 0.6 is 0 Å². The third-order valence-electron chi connectivity index (χ3n) is 7.03. The van der Waals surface area contributed by atoms with Crippen molar-refractivity contribution >= 4 is 23.0 Å². The maximum atomic E-state index is 12.7. The number of hydrogen-bond donors (Lipinski definition) is 3. The molecule has 4 aromatic rings. The van der Waals surface area contributed by atoms with Gasteiger partial charge in [0.1, 0.15) is 11.3 Å². The summed E-state index contributed by atoms with van der Waals surface area (Å²) in [6.07, 6.45) is 6.09. The molecule has 0 spiro atoms. The van der Waals surface area contributed by atoms with Crippen LogP contribution in [0.5, 0.6) is 11.8 Å². The molecule has 0 bridgehead atoms. The Labute approximate surface area is 251 Å². The van der Waals surface area contributed by atoms with Gasteiger partial charge in [0.2, 0.25) is 0 Å². The molecule has 0 aliphatic rings. The van der Waals surface area contributed by atoms with Crippen molar-refractivity contribution in [3.05, 3.63) is 75.7 Å². The number of benzene rings is 2. The zero-order chi connectivity index (χ0) is 30.4. The summed E-state index contributed by atoms with van der Waals surface area (Å²) in [5.41, 5.74) is 9.76. The second-order valence-electron chi connectivity index (χ2n) is 10.4. The van der Waals surface area contributed by atoms with Crippen LogP contribution in [0.15, 0.2) is 53.3 Å². The molecule has 230 valence electrons. The van der Waals surface area contributed by atoms with Gasteiger partial charge in [-0.2, -0.15) is 9.97 Å². The standard InChI is InChI=1S/C32H42N6O5/c1-3-4-18-43-31-36-29(33)28-30(37-31)38(32(40)35-28)22-24-14-12-23(13-15-24)10-8-17-34-16-5-6-19-42-26-11-7-9-25(20-26)21-27(39)41-2/h7,9,11-15,20,34H,3-6,8,10,16-19,21-22H2,1-2H3,(H,35,40)(H2,33,36,37). The summed E-state index contributed by atoms with van der Waals surface area (Å²) in [7, 11) is 1.39. The van der Waals surface area contributed by atoms with E-state index in [0.29, 0.717) is 30.9 Å². The van der Waals surface area contributed by atoms with Gasteiger partial charge in [-0.15, -0.1) is 0 Å². The number of ether oxygens (including phenoxy) is 3. The number of aryl methyl sites for hydroxylation is 1. The van der Waals surface area contributed by atoms with E-state index < -0.39 is 0 Å². The van der Waals surface area contributed by atoms with E-state index >= 15 is 0 Å². The van der Waals surface area contributed by atoms with Crippen molar-refractivity contribution in [1.82, 2.24) is 24.8 Å². The number of esters is 1. The van der Waals surface area contributed by atoms with Gasteiger partial charge in [-0.25, -0.2) is 4.79 Å². The number of nitrogens with zero attached hydrogens (tertiary/aromatic N) is 3. The number of carbonyl (C=O) groups is 1. The molecule has 11 heteroatoms. The average molecular weight is 591 g/mol. The Hall–Kier alpha value is -4.38. The first-order valence-corrected chi connectivity index (χ1v) is 14.9. The number of anilines is 1. The van der Waals surface area contributed by atoms with Gasteiger partial charge in [0, 0.05) is 0 Å². The van der Waals surface area contributed by atoms with Crippen molar-refractivity contribution in [3.8, 4) is 11.8 Å². The minimum Gasteiger partial charge on any atom is -0.494 e. The highest BCUT2D eigenvalue weighted by Gasteiger charge is 2.15. The first kappa shape index (κ1) is 31.6. The molecule has 2 aromatic carbocycles. The van der Waals surface area contributed by atoms with Crippen molar-refractivity contribution in [2.24, 2.45) is 0 Å². The lowest BCUT2D eigenvalue weighted by molar-refractivity contribution is -0.139. The molecule has 0 aliphatic heterocycles. The van der Waals surface area contributed by atoms with Crippen molar-refractivity contribution in [2.45, 2.75) is 58.4 Å². The summed E-state index contributed by atoms with van der Waals surface area (Å²) < 4.78 is 17.7. The second-order valence-corrected chi connectivity index (χ2v) is 10.4. The number of aromatic amines is 1. The van der Waals surface area contributed by atoms with E-state index in [1.807, 2.05) is 36.4 Å². The Morgan fingerprint density at radius 2 is 1.72 bits per heavy atom. The van der Waals surface area contributed by atoms with Crippen molar-refractivity contribution in [3.63, 3.8) is 0 Å². The second kappa shape index (κ2) is 16.3. The quantitative estimate of drug-likeness (QED) is 0.115. The molecule has 43 heavy (non-hydrogen) atoms. The van der Waals surface area contributed by atoms with E-state index in [4.69, 9.17) is 19.9 Å². The molecule has 0 saturated heterocycles. The number of imidazole rings is 1. The van der Waals surface area contributed by atoms with Crippen molar-refractivity contribution in [2.75, 3.05) is 39.1 Å². The molecule has 4 rings (SSSR count). The number of methoxy groups -OCH3 is 1. The zero-order valence-electron chi connectivity index (χ0n) is 25.1. The summed E-state index contributed by atoms with van der Waals surface area (Å²) in [5.74, 6) is 0.711. The Morgan fingerprint density at radius 3 is 2.51 bits per heavy atom. The summed E-state index contributed by atoms with van der Waals surface area (Å²) >= 11 is 0. The van der Waals surface area contributed by atoms with Gasteiger partial charge in [-0.05, 0) is 74.0 Å². The monoisotopic (exact) mass is 590 g/mol. The Kier molecular flexibility index (Phi) is 12.0.